The SMILES string of the molecule is CCCS(=O)(=O)c1ccccc1C(=O)NC1CCCNC1C.Cl. The summed E-state index contributed by atoms with van der Waals surface area (Å²) in [5.74, 6) is -0.255. The minimum absolute atomic E-state index is 0. The van der Waals surface area contributed by atoms with E-state index in [0.717, 1.165) is 19.4 Å². The Morgan fingerprint density at radius 1 is 1.35 bits per heavy atom. The van der Waals surface area contributed by atoms with Gasteiger partial charge in [-0.2, -0.15) is 0 Å². The average Bonchev–Trinajstić information content (AvgIpc) is 2.49. The number of sulfone groups is 1. The fourth-order valence-electron chi connectivity index (χ4n) is 2.79. The van der Waals surface area contributed by atoms with Crippen molar-refractivity contribution in [3.05, 3.63) is 29.8 Å². The van der Waals surface area contributed by atoms with Crippen molar-refractivity contribution in [2.45, 2.75) is 50.1 Å². The van der Waals surface area contributed by atoms with Crippen molar-refractivity contribution in [1.82, 2.24) is 10.6 Å². The number of carbonyl (C=O) groups is 1. The number of piperidine rings is 1. The molecule has 0 radical (unpaired) electrons. The first-order valence-electron chi connectivity index (χ1n) is 7.81. The molecule has 1 heterocycles. The zero-order valence-corrected chi connectivity index (χ0v) is 15.2. The van der Waals surface area contributed by atoms with E-state index in [1.807, 2.05) is 13.8 Å². The molecule has 130 valence electrons. The molecule has 2 rings (SSSR count). The molecule has 1 aliphatic rings. The molecule has 1 fully saturated rings. The molecular weight excluding hydrogens is 336 g/mol. The Hall–Kier alpha value is -1.11. The topological polar surface area (TPSA) is 75.3 Å². The number of benzene rings is 1. The minimum Gasteiger partial charge on any atom is -0.348 e. The third-order valence-corrected chi connectivity index (χ3v) is 5.99. The molecule has 0 aromatic heterocycles. The van der Waals surface area contributed by atoms with Gasteiger partial charge in [-0.25, -0.2) is 8.42 Å². The van der Waals surface area contributed by atoms with E-state index in [1.54, 1.807) is 18.2 Å². The second-order valence-electron chi connectivity index (χ2n) is 5.78. The molecule has 0 saturated carbocycles. The quantitative estimate of drug-likeness (QED) is 0.843. The number of rotatable bonds is 5. The van der Waals surface area contributed by atoms with Crippen molar-refractivity contribution in [2.75, 3.05) is 12.3 Å². The van der Waals surface area contributed by atoms with Gasteiger partial charge in [0, 0.05) is 12.1 Å². The summed E-state index contributed by atoms with van der Waals surface area (Å²) in [7, 11) is -3.42. The zero-order valence-electron chi connectivity index (χ0n) is 13.5. The summed E-state index contributed by atoms with van der Waals surface area (Å²) in [6.45, 7) is 4.80. The van der Waals surface area contributed by atoms with Gasteiger partial charge in [0.15, 0.2) is 9.84 Å². The molecule has 2 atom stereocenters. The van der Waals surface area contributed by atoms with Crippen LogP contribution in [-0.2, 0) is 9.84 Å². The van der Waals surface area contributed by atoms with Gasteiger partial charge in [-0.1, -0.05) is 19.1 Å². The summed E-state index contributed by atoms with van der Waals surface area (Å²) >= 11 is 0. The van der Waals surface area contributed by atoms with Crippen molar-refractivity contribution >= 4 is 28.2 Å². The van der Waals surface area contributed by atoms with Gasteiger partial charge in [0.1, 0.15) is 0 Å². The Kier molecular flexibility index (Phi) is 7.51. The molecule has 0 aliphatic carbocycles. The van der Waals surface area contributed by atoms with E-state index in [2.05, 4.69) is 10.6 Å². The summed E-state index contributed by atoms with van der Waals surface area (Å²) in [4.78, 5) is 12.7. The van der Waals surface area contributed by atoms with Gasteiger partial charge in [0.25, 0.3) is 5.91 Å². The van der Waals surface area contributed by atoms with Crippen LogP contribution in [0.1, 0.15) is 43.5 Å². The van der Waals surface area contributed by atoms with Crippen LogP contribution in [0.2, 0.25) is 0 Å². The Bertz CT molecular complexity index is 634. The highest BCUT2D eigenvalue weighted by atomic mass is 35.5. The molecule has 2 N–H and O–H groups in total. The normalized spacial score (nSPS) is 21.3. The van der Waals surface area contributed by atoms with Crippen LogP contribution in [0, 0.1) is 0 Å². The number of carbonyl (C=O) groups excluding carboxylic acids is 1. The molecule has 7 heteroatoms. The third-order valence-electron chi connectivity index (χ3n) is 4.02. The van der Waals surface area contributed by atoms with Gasteiger partial charge in [-0.3, -0.25) is 4.79 Å². The van der Waals surface area contributed by atoms with Crippen LogP contribution >= 0.6 is 12.4 Å². The molecule has 0 spiro atoms. The van der Waals surface area contributed by atoms with Crippen molar-refractivity contribution in [3.8, 4) is 0 Å². The van der Waals surface area contributed by atoms with E-state index >= 15 is 0 Å². The Morgan fingerprint density at radius 3 is 2.70 bits per heavy atom. The minimum atomic E-state index is -3.42. The van der Waals surface area contributed by atoms with Gasteiger partial charge >= 0.3 is 0 Å². The van der Waals surface area contributed by atoms with Crippen LogP contribution in [0.25, 0.3) is 0 Å². The van der Waals surface area contributed by atoms with Crippen LogP contribution in [0.15, 0.2) is 29.2 Å². The number of amides is 1. The summed E-state index contributed by atoms with van der Waals surface area (Å²) in [6, 6.07) is 6.67. The summed E-state index contributed by atoms with van der Waals surface area (Å²) in [5.41, 5.74) is 0.244. The molecule has 1 saturated heterocycles. The maximum Gasteiger partial charge on any atom is 0.252 e. The Labute approximate surface area is 144 Å². The molecule has 23 heavy (non-hydrogen) atoms. The lowest BCUT2D eigenvalue weighted by molar-refractivity contribution is 0.0916. The first-order chi connectivity index (χ1) is 10.5. The largest absolute Gasteiger partial charge is 0.348 e. The fourth-order valence-corrected chi connectivity index (χ4v) is 4.33. The second kappa shape index (κ2) is 8.66. The average molecular weight is 361 g/mol. The van der Waals surface area contributed by atoms with E-state index in [-0.39, 0.29) is 46.6 Å². The van der Waals surface area contributed by atoms with Crippen molar-refractivity contribution < 1.29 is 13.2 Å². The molecule has 1 aromatic rings. The van der Waals surface area contributed by atoms with Crippen LogP contribution < -0.4 is 10.6 Å². The number of halogens is 1. The van der Waals surface area contributed by atoms with Gasteiger partial charge in [-0.05, 0) is 44.9 Å². The predicted octanol–water partition coefficient (Wildman–Crippen LogP) is 2.16. The lowest BCUT2D eigenvalue weighted by Gasteiger charge is -2.30. The first kappa shape index (κ1) is 19.9. The number of hydrogen-bond donors (Lipinski definition) is 2. The van der Waals surface area contributed by atoms with Crippen molar-refractivity contribution in [1.29, 1.82) is 0 Å². The van der Waals surface area contributed by atoms with E-state index in [0.29, 0.717) is 6.42 Å². The molecule has 5 nitrogen and oxygen atoms in total. The van der Waals surface area contributed by atoms with E-state index in [1.165, 1.54) is 6.07 Å². The van der Waals surface area contributed by atoms with Crippen LogP contribution in [-0.4, -0.2) is 38.7 Å². The lowest BCUT2D eigenvalue weighted by atomic mass is 9.99. The maximum absolute atomic E-state index is 12.5. The highest BCUT2D eigenvalue weighted by Gasteiger charge is 2.26. The molecular formula is C16H25ClN2O3S. The van der Waals surface area contributed by atoms with Crippen molar-refractivity contribution in [3.63, 3.8) is 0 Å². The van der Waals surface area contributed by atoms with Crippen LogP contribution in [0.5, 0.6) is 0 Å². The number of nitrogens with one attached hydrogen (secondary N) is 2. The second-order valence-corrected chi connectivity index (χ2v) is 7.86. The lowest BCUT2D eigenvalue weighted by Crippen LogP contribution is -2.52. The highest BCUT2D eigenvalue weighted by molar-refractivity contribution is 7.91. The third kappa shape index (κ3) is 4.93. The molecule has 1 aliphatic heterocycles. The van der Waals surface area contributed by atoms with E-state index in [9.17, 15) is 13.2 Å². The maximum atomic E-state index is 12.5. The Balaban J connectivity index is 0.00000264. The predicted molar refractivity (Wildman–Crippen MR) is 94.0 cm³/mol. The van der Waals surface area contributed by atoms with Gasteiger partial charge in [-0.15, -0.1) is 12.4 Å². The highest BCUT2D eigenvalue weighted by Crippen LogP contribution is 2.19. The zero-order chi connectivity index (χ0) is 16.2. The summed E-state index contributed by atoms with van der Waals surface area (Å²) in [5, 5.41) is 6.29. The molecule has 1 aromatic carbocycles. The van der Waals surface area contributed by atoms with Crippen LogP contribution in [0.4, 0.5) is 0 Å². The Morgan fingerprint density at radius 2 is 2.04 bits per heavy atom. The number of hydrogen-bond acceptors (Lipinski definition) is 4. The smallest absolute Gasteiger partial charge is 0.252 e. The van der Waals surface area contributed by atoms with Gasteiger partial charge < -0.3 is 10.6 Å². The first-order valence-corrected chi connectivity index (χ1v) is 9.47. The molecule has 0 bridgehead atoms. The van der Waals surface area contributed by atoms with E-state index in [4.69, 9.17) is 0 Å². The van der Waals surface area contributed by atoms with Crippen molar-refractivity contribution in [2.24, 2.45) is 0 Å². The van der Waals surface area contributed by atoms with Gasteiger partial charge in [0.05, 0.1) is 16.2 Å². The van der Waals surface area contributed by atoms with Crippen LogP contribution in [0.3, 0.4) is 0 Å². The molecule has 1 amide bonds. The fraction of sp³-hybridized carbons (Fsp3) is 0.562. The standard InChI is InChI=1S/C16H24N2O3S.ClH/c1-3-11-22(20,21)15-9-5-4-7-13(15)16(19)18-14-8-6-10-17-12(14)2;/h4-5,7,9,12,14,17H,3,6,8,10-11H2,1-2H3,(H,18,19);1H. The summed E-state index contributed by atoms with van der Waals surface area (Å²) in [6.07, 6.45) is 2.44. The monoisotopic (exact) mass is 360 g/mol. The summed E-state index contributed by atoms with van der Waals surface area (Å²) < 4.78 is 24.6. The van der Waals surface area contributed by atoms with E-state index < -0.39 is 9.84 Å². The van der Waals surface area contributed by atoms with Gasteiger partial charge in [0.2, 0.25) is 0 Å². The molecule has 2 unspecified atom stereocenters.